The van der Waals surface area contributed by atoms with Crippen LogP contribution in [-0.2, 0) is 0 Å². The Kier molecular flexibility index (Phi) is 3.55. The van der Waals surface area contributed by atoms with E-state index in [1.807, 2.05) is 42.5 Å². The van der Waals surface area contributed by atoms with Gasteiger partial charge >= 0.3 is 0 Å². The first-order valence-corrected chi connectivity index (χ1v) is 15.1. The molecule has 0 aliphatic carbocycles. The number of fused-ring (bicyclic) bond motifs is 8. The molecule has 0 bridgehead atoms. The Morgan fingerprint density at radius 2 is 1.11 bits per heavy atom. The molecule has 0 aliphatic rings. The Labute approximate surface area is 290 Å². The van der Waals surface area contributed by atoms with Crippen LogP contribution in [0.5, 0.6) is 0 Å². The van der Waals surface area contributed by atoms with Gasteiger partial charge in [0.1, 0.15) is 11.2 Å². The molecule has 0 atom stereocenters. The second-order valence-corrected chi connectivity index (χ2v) is 11.4. The molecule has 47 heavy (non-hydrogen) atoms. The van der Waals surface area contributed by atoms with Crippen molar-refractivity contribution in [1.29, 1.82) is 0 Å². The van der Waals surface area contributed by atoms with Gasteiger partial charge in [0.25, 0.3) is 0 Å². The van der Waals surface area contributed by atoms with E-state index < -0.39 is 48.3 Å². The van der Waals surface area contributed by atoms with Crippen molar-refractivity contribution in [3.63, 3.8) is 0 Å². The van der Waals surface area contributed by atoms with E-state index in [9.17, 15) is 5.48 Å². The molecule has 0 N–H and O–H groups in total. The minimum atomic E-state index is -0.580. The van der Waals surface area contributed by atoms with E-state index in [-0.39, 0.29) is 79.6 Å². The van der Waals surface area contributed by atoms with Crippen LogP contribution < -0.4 is 0 Å². The summed E-state index contributed by atoms with van der Waals surface area (Å²) in [5.41, 5.74) is 1.43. The highest BCUT2D eigenvalue weighted by molar-refractivity contribution is 6.27. The molecule has 0 saturated carbocycles. The van der Waals surface area contributed by atoms with Crippen LogP contribution in [0.25, 0.3) is 98.4 Å². The third kappa shape index (κ3) is 3.97. The van der Waals surface area contributed by atoms with Gasteiger partial charge in [-0.05, 0) is 95.3 Å². The summed E-state index contributed by atoms with van der Waals surface area (Å²) in [6.45, 7) is 0. The maximum atomic E-state index is 9.71. The second kappa shape index (κ2) is 10.2. The van der Waals surface area contributed by atoms with E-state index in [0.717, 1.165) is 10.8 Å². The summed E-state index contributed by atoms with van der Waals surface area (Å²) in [5.74, 6) is 0. The zero-order valence-corrected chi connectivity index (χ0v) is 24.6. The molecule has 0 unspecified atom stereocenters. The van der Waals surface area contributed by atoms with Crippen LogP contribution in [0, 0.1) is 0 Å². The standard InChI is InChI=1S/C46H28O/c1-2-13-31-27-33(24-23-29(31)11-1)32-14-9-15-34(28-32)43-36-17-5-7-19-38(36)44(39-20-8-6-18-37(39)43)40-21-10-22-42-45(40)41-26-25-30-12-3-4-16-35(30)46(41)47-42/h1-28H/i3D,4D,9D,10D,12D,14D,15D,16D,21D,22D,25D,26D,28D. The Hall–Kier alpha value is -6.18. The highest BCUT2D eigenvalue weighted by Gasteiger charge is 2.21. The van der Waals surface area contributed by atoms with Crippen molar-refractivity contribution in [2.45, 2.75) is 0 Å². The molecule has 1 heteroatoms. The lowest BCUT2D eigenvalue weighted by atomic mass is 9.84. The molecule has 0 fully saturated rings. The first-order chi connectivity index (χ1) is 28.7. The van der Waals surface area contributed by atoms with Gasteiger partial charge in [0.2, 0.25) is 0 Å². The van der Waals surface area contributed by atoms with Gasteiger partial charge in [0.15, 0.2) is 0 Å². The maximum absolute atomic E-state index is 9.71. The average molecular weight is 610 g/mol. The number of furan rings is 1. The molecule has 1 heterocycles. The van der Waals surface area contributed by atoms with Gasteiger partial charge in [0, 0.05) is 16.2 Å². The molecular formula is C46H28O. The summed E-state index contributed by atoms with van der Waals surface area (Å²) in [7, 11) is 0. The number of hydrogen-bond donors (Lipinski definition) is 0. The molecule has 0 spiro atoms. The lowest BCUT2D eigenvalue weighted by molar-refractivity contribution is 0.673. The van der Waals surface area contributed by atoms with E-state index in [1.54, 1.807) is 48.5 Å². The van der Waals surface area contributed by atoms with E-state index >= 15 is 0 Å². The first-order valence-electron chi connectivity index (χ1n) is 21.6. The van der Waals surface area contributed by atoms with Crippen LogP contribution >= 0.6 is 0 Å². The van der Waals surface area contributed by atoms with E-state index in [2.05, 4.69) is 0 Å². The van der Waals surface area contributed by atoms with Gasteiger partial charge in [-0.2, -0.15) is 0 Å². The van der Waals surface area contributed by atoms with Crippen LogP contribution in [-0.4, -0.2) is 0 Å². The number of hydrogen-bond acceptors (Lipinski definition) is 1. The van der Waals surface area contributed by atoms with Crippen molar-refractivity contribution < 1.29 is 22.2 Å². The molecule has 9 aromatic carbocycles. The summed E-state index contributed by atoms with van der Waals surface area (Å²) in [5, 5.41) is 3.51. The maximum Gasteiger partial charge on any atom is 0.143 e. The fourth-order valence-electron chi connectivity index (χ4n) is 6.78. The van der Waals surface area contributed by atoms with Crippen molar-refractivity contribution in [2.75, 3.05) is 0 Å². The Morgan fingerprint density at radius 3 is 1.91 bits per heavy atom. The van der Waals surface area contributed by atoms with Crippen molar-refractivity contribution in [2.24, 2.45) is 0 Å². The summed E-state index contributed by atoms with van der Waals surface area (Å²) in [6.07, 6.45) is 0. The number of rotatable bonds is 3. The van der Waals surface area contributed by atoms with Crippen molar-refractivity contribution in [3.05, 3.63) is 170 Å². The van der Waals surface area contributed by atoms with Crippen LogP contribution in [0.3, 0.4) is 0 Å². The zero-order valence-electron chi connectivity index (χ0n) is 37.6. The highest BCUT2D eigenvalue weighted by Crippen LogP contribution is 2.47. The normalized spacial score (nSPS) is 15.7. The summed E-state index contributed by atoms with van der Waals surface area (Å²) in [4.78, 5) is 0. The van der Waals surface area contributed by atoms with Crippen LogP contribution in [0.15, 0.2) is 174 Å². The predicted octanol–water partition coefficient (Wildman–Crippen LogP) is 13.2. The third-order valence-electron chi connectivity index (χ3n) is 8.84. The predicted molar refractivity (Wildman–Crippen MR) is 200 cm³/mol. The molecular weight excluding hydrogens is 569 g/mol. The summed E-state index contributed by atoms with van der Waals surface area (Å²) >= 11 is 0. The van der Waals surface area contributed by atoms with Crippen LogP contribution in [0.4, 0.5) is 0 Å². The van der Waals surface area contributed by atoms with Crippen LogP contribution in [0.2, 0.25) is 0 Å². The van der Waals surface area contributed by atoms with Gasteiger partial charge in [-0.15, -0.1) is 0 Å². The van der Waals surface area contributed by atoms with Gasteiger partial charge in [0.05, 0.1) is 17.8 Å². The fourth-order valence-corrected chi connectivity index (χ4v) is 6.78. The fraction of sp³-hybridized carbons (Fsp3) is 0. The largest absolute Gasteiger partial charge is 0.455 e. The van der Waals surface area contributed by atoms with Crippen molar-refractivity contribution in [1.82, 2.24) is 0 Å². The van der Waals surface area contributed by atoms with E-state index in [1.165, 1.54) is 0 Å². The Morgan fingerprint density at radius 1 is 0.426 bits per heavy atom. The van der Waals surface area contributed by atoms with Gasteiger partial charge in [-0.25, -0.2) is 0 Å². The smallest absolute Gasteiger partial charge is 0.143 e. The SMILES string of the molecule is [2H]c1c([2H])c(-c2ccc3ccccc3c2)c([2H])c(-c2c3ccccc3c(-c3c([2H])c([2H])c([2H])c4oc5c6c([2H])c([2H])c([2H])c([2H])c6c([2H])c([2H])c5c34)c3ccccc23)c1[2H]. The average Bonchev–Trinajstić information content (AvgIpc) is 3.65. The molecule has 0 amide bonds. The minimum Gasteiger partial charge on any atom is -0.455 e. The highest BCUT2D eigenvalue weighted by atomic mass is 16.3. The molecule has 218 valence electrons. The summed E-state index contributed by atoms with van der Waals surface area (Å²) in [6, 6.07) is 22.0. The quantitative estimate of drug-likeness (QED) is 0.182. The second-order valence-electron chi connectivity index (χ2n) is 11.4. The lowest BCUT2D eigenvalue weighted by Crippen LogP contribution is -1.91. The van der Waals surface area contributed by atoms with Crippen molar-refractivity contribution >= 4 is 65.0 Å². The van der Waals surface area contributed by atoms with E-state index in [4.69, 9.17) is 16.8 Å². The minimum absolute atomic E-state index is 0.0476. The first kappa shape index (κ1) is 16.4. The van der Waals surface area contributed by atoms with Crippen LogP contribution in [0.1, 0.15) is 17.8 Å². The molecule has 1 aromatic heterocycles. The van der Waals surface area contributed by atoms with Gasteiger partial charge in [-0.3, -0.25) is 0 Å². The molecule has 0 aliphatic heterocycles. The van der Waals surface area contributed by atoms with E-state index in [0.29, 0.717) is 38.2 Å². The zero-order chi connectivity index (χ0) is 42.2. The molecule has 0 radical (unpaired) electrons. The lowest BCUT2D eigenvalue weighted by Gasteiger charge is -2.18. The molecule has 1 nitrogen and oxygen atoms in total. The topological polar surface area (TPSA) is 13.1 Å². The third-order valence-corrected chi connectivity index (χ3v) is 8.84. The summed E-state index contributed by atoms with van der Waals surface area (Å²) < 4.78 is 123. The number of benzene rings is 9. The Balaban J connectivity index is 1.38. The molecule has 0 saturated heterocycles. The molecule has 10 rings (SSSR count). The Bertz CT molecular complexity index is 3540. The van der Waals surface area contributed by atoms with Crippen molar-refractivity contribution in [3.8, 4) is 33.4 Å². The van der Waals surface area contributed by atoms with Gasteiger partial charge in [-0.1, -0.05) is 145 Å². The molecule has 10 aromatic rings. The van der Waals surface area contributed by atoms with Gasteiger partial charge < -0.3 is 4.42 Å². The monoisotopic (exact) mass is 609 g/mol.